The molecular formula is C20H19FN2. The Bertz CT molecular complexity index is 689. The normalized spacial score (nSPS) is 12.0. The van der Waals surface area contributed by atoms with Crippen LogP contribution in [0, 0.1) is 5.82 Å². The summed E-state index contributed by atoms with van der Waals surface area (Å²) in [5.74, 6) is -0.146. The van der Waals surface area contributed by atoms with Crippen molar-refractivity contribution in [1.29, 1.82) is 0 Å². The third-order valence-electron chi connectivity index (χ3n) is 3.85. The molecule has 0 saturated heterocycles. The first kappa shape index (κ1) is 15.4. The minimum atomic E-state index is -0.146. The van der Waals surface area contributed by atoms with Crippen molar-refractivity contribution in [1.82, 2.24) is 10.3 Å². The summed E-state index contributed by atoms with van der Waals surface area (Å²) in [6.07, 6.45) is 4.29. The van der Waals surface area contributed by atoms with Crippen LogP contribution < -0.4 is 5.32 Å². The molecular weight excluding hydrogens is 287 g/mol. The minimum absolute atomic E-state index is 0.0525. The van der Waals surface area contributed by atoms with Crippen LogP contribution in [-0.4, -0.2) is 11.5 Å². The van der Waals surface area contributed by atoms with Gasteiger partial charge < -0.3 is 5.32 Å². The Morgan fingerprint density at radius 2 is 1.61 bits per heavy atom. The fraction of sp³-hybridized carbons (Fsp3) is 0.150. The van der Waals surface area contributed by atoms with E-state index in [9.17, 15) is 4.39 Å². The molecule has 0 saturated carbocycles. The molecule has 2 nitrogen and oxygen atoms in total. The van der Waals surface area contributed by atoms with Crippen LogP contribution in [0.2, 0.25) is 0 Å². The van der Waals surface area contributed by atoms with Crippen LogP contribution in [0.4, 0.5) is 4.39 Å². The predicted molar refractivity (Wildman–Crippen MR) is 90.6 cm³/mol. The van der Waals surface area contributed by atoms with Crippen LogP contribution >= 0.6 is 0 Å². The second-order valence-electron chi connectivity index (χ2n) is 5.43. The van der Waals surface area contributed by atoms with Gasteiger partial charge in [-0.2, -0.15) is 0 Å². The lowest BCUT2D eigenvalue weighted by Gasteiger charge is -2.19. The number of hydrogen-bond acceptors (Lipinski definition) is 2. The molecule has 0 amide bonds. The maximum Gasteiger partial charge on any atom is 0.126 e. The zero-order valence-corrected chi connectivity index (χ0v) is 12.8. The number of benzene rings is 2. The van der Waals surface area contributed by atoms with E-state index in [1.807, 2.05) is 42.6 Å². The van der Waals surface area contributed by atoms with Gasteiger partial charge in [-0.1, -0.05) is 54.6 Å². The fourth-order valence-electron chi connectivity index (χ4n) is 2.67. The monoisotopic (exact) mass is 306 g/mol. The van der Waals surface area contributed by atoms with Gasteiger partial charge in [-0.25, -0.2) is 4.39 Å². The Morgan fingerprint density at radius 1 is 0.870 bits per heavy atom. The van der Waals surface area contributed by atoms with Gasteiger partial charge in [0.25, 0.3) is 0 Å². The number of nitrogens with zero attached hydrogens (tertiary/aromatic N) is 1. The van der Waals surface area contributed by atoms with E-state index in [4.69, 9.17) is 0 Å². The average Bonchev–Trinajstić information content (AvgIpc) is 2.62. The highest BCUT2D eigenvalue weighted by Gasteiger charge is 2.13. The van der Waals surface area contributed by atoms with E-state index in [1.165, 1.54) is 11.6 Å². The topological polar surface area (TPSA) is 24.9 Å². The Hall–Kier alpha value is -2.52. The summed E-state index contributed by atoms with van der Waals surface area (Å²) < 4.78 is 13.7. The average molecular weight is 306 g/mol. The Morgan fingerprint density at radius 3 is 2.35 bits per heavy atom. The summed E-state index contributed by atoms with van der Waals surface area (Å²) in [7, 11) is 0. The lowest BCUT2D eigenvalue weighted by Crippen LogP contribution is -2.25. The first-order chi connectivity index (χ1) is 11.3. The summed E-state index contributed by atoms with van der Waals surface area (Å²) in [4.78, 5) is 4.21. The smallest absolute Gasteiger partial charge is 0.126 e. The Labute approximate surface area is 136 Å². The Kier molecular flexibility index (Phi) is 5.12. The summed E-state index contributed by atoms with van der Waals surface area (Å²) in [6, 6.07) is 21.2. The van der Waals surface area contributed by atoms with Crippen LogP contribution in [0.3, 0.4) is 0 Å². The number of halogens is 1. The fourth-order valence-corrected chi connectivity index (χ4v) is 2.67. The SMILES string of the molecule is Fc1ccccc1CCN[C@H](c1ccccc1)c1cccnc1. The van der Waals surface area contributed by atoms with Gasteiger partial charge in [-0.05, 0) is 35.2 Å². The van der Waals surface area contributed by atoms with E-state index in [-0.39, 0.29) is 11.9 Å². The summed E-state index contributed by atoms with van der Waals surface area (Å²) in [6.45, 7) is 0.690. The van der Waals surface area contributed by atoms with Gasteiger partial charge in [0.1, 0.15) is 5.82 Å². The first-order valence-electron chi connectivity index (χ1n) is 7.76. The molecule has 0 aliphatic rings. The van der Waals surface area contributed by atoms with Crippen molar-refractivity contribution in [3.8, 4) is 0 Å². The van der Waals surface area contributed by atoms with Crippen LogP contribution in [0.25, 0.3) is 0 Å². The molecule has 0 radical (unpaired) electrons. The van der Waals surface area contributed by atoms with Gasteiger partial charge >= 0.3 is 0 Å². The molecule has 0 unspecified atom stereocenters. The second kappa shape index (κ2) is 7.65. The molecule has 0 aliphatic heterocycles. The zero-order chi connectivity index (χ0) is 15.9. The van der Waals surface area contributed by atoms with Gasteiger partial charge in [-0.3, -0.25) is 4.98 Å². The second-order valence-corrected chi connectivity index (χ2v) is 5.43. The first-order valence-corrected chi connectivity index (χ1v) is 7.76. The molecule has 23 heavy (non-hydrogen) atoms. The highest BCUT2D eigenvalue weighted by atomic mass is 19.1. The zero-order valence-electron chi connectivity index (χ0n) is 12.8. The molecule has 1 heterocycles. The molecule has 1 N–H and O–H groups in total. The summed E-state index contributed by atoms with van der Waals surface area (Å²) in [5.41, 5.74) is 3.01. The Balaban J connectivity index is 1.74. The molecule has 3 rings (SSSR count). The van der Waals surface area contributed by atoms with E-state index >= 15 is 0 Å². The van der Waals surface area contributed by atoms with Crippen LogP contribution in [-0.2, 0) is 6.42 Å². The summed E-state index contributed by atoms with van der Waals surface area (Å²) in [5, 5.41) is 3.52. The highest BCUT2D eigenvalue weighted by molar-refractivity contribution is 5.30. The van der Waals surface area contributed by atoms with E-state index in [2.05, 4.69) is 28.5 Å². The predicted octanol–water partition coefficient (Wildman–Crippen LogP) is 4.14. The molecule has 116 valence electrons. The number of rotatable bonds is 6. The standard InChI is InChI=1S/C20H19FN2/c21-19-11-5-4-7-16(19)12-14-23-20(17-8-2-1-3-9-17)18-10-6-13-22-15-18/h1-11,13,15,20,23H,12,14H2/t20-/m1/s1. The third-order valence-corrected chi connectivity index (χ3v) is 3.85. The van der Waals surface area contributed by atoms with E-state index in [1.54, 1.807) is 12.3 Å². The molecule has 3 heteroatoms. The number of nitrogens with one attached hydrogen (secondary N) is 1. The molecule has 0 fully saturated rings. The van der Waals surface area contributed by atoms with Crippen LogP contribution in [0.15, 0.2) is 79.1 Å². The quantitative estimate of drug-likeness (QED) is 0.740. The van der Waals surface area contributed by atoms with Gasteiger partial charge in [0, 0.05) is 18.9 Å². The lowest BCUT2D eigenvalue weighted by atomic mass is 10.00. The van der Waals surface area contributed by atoms with Gasteiger partial charge in [0.15, 0.2) is 0 Å². The van der Waals surface area contributed by atoms with Gasteiger partial charge in [0.2, 0.25) is 0 Å². The van der Waals surface area contributed by atoms with Crippen molar-refractivity contribution < 1.29 is 4.39 Å². The molecule has 0 bridgehead atoms. The highest BCUT2D eigenvalue weighted by Crippen LogP contribution is 2.21. The minimum Gasteiger partial charge on any atom is -0.306 e. The number of hydrogen-bond donors (Lipinski definition) is 1. The van der Waals surface area contributed by atoms with Crippen molar-refractivity contribution >= 4 is 0 Å². The van der Waals surface area contributed by atoms with Crippen molar-refractivity contribution in [2.24, 2.45) is 0 Å². The van der Waals surface area contributed by atoms with Crippen molar-refractivity contribution in [2.45, 2.75) is 12.5 Å². The van der Waals surface area contributed by atoms with E-state index < -0.39 is 0 Å². The molecule has 2 aromatic carbocycles. The van der Waals surface area contributed by atoms with Crippen molar-refractivity contribution in [3.05, 3.63) is 102 Å². The van der Waals surface area contributed by atoms with E-state index in [0.29, 0.717) is 13.0 Å². The molecule has 1 atom stereocenters. The van der Waals surface area contributed by atoms with Crippen molar-refractivity contribution in [3.63, 3.8) is 0 Å². The molecule has 1 aromatic heterocycles. The van der Waals surface area contributed by atoms with Crippen LogP contribution in [0.5, 0.6) is 0 Å². The molecule has 3 aromatic rings. The van der Waals surface area contributed by atoms with E-state index in [0.717, 1.165) is 11.1 Å². The van der Waals surface area contributed by atoms with Crippen LogP contribution in [0.1, 0.15) is 22.7 Å². The maximum atomic E-state index is 13.7. The summed E-state index contributed by atoms with van der Waals surface area (Å²) >= 11 is 0. The molecule has 0 spiro atoms. The molecule has 0 aliphatic carbocycles. The van der Waals surface area contributed by atoms with Gasteiger partial charge in [-0.15, -0.1) is 0 Å². The third kappa shape index (κ3) is 4.02. The lowest BCUT2D eigenvalue weighted by molar-refractivity contribution is 0.576. The van der Waals surface area contributed by atoms with Gasteiger partial charge in [0.05, 0.1) is 6.04 Å². The van der Waals surface area contributed by atoms with Crippen molar-refractivity contribution in [2.75, 3.05) is 6.54 Å². The maximum absolute atomic E-state index is 13.7. The number of aromatic nitrogens is 1. The number of pyridine rings is 1. The largest absolute Gasteiger partial charge is 0.306 e.